The SMILES string of the molecule is COCCN1CC(=O)N(C(C)C)C1=O. The van der Waals surface area contributed by atoms with Crippen molar-refractivity contribution in [2.45, 2.75) is 19.9 Å². The van der Waals surface area contributed by atoms with Gasteiger partial charge in [0.1, 0.15) is 6.54 Å². The minimum absolute atomic E-state index is 0.0671. The van der Waals surface area contributed by atoms with E-state index in [4.69, 9.17) is 4.74 Å². The number of amides is 3. The molecule has 0 unspecified atom stereocenters. The van der Waals surface area contributed by atoms with E-state index in [-0.39, 0.29) is 24.5 Å². The van der Waals surface area contributed by atoms with Gasteiger partial charge in [0, 0.05) is 19.7 Å². The predicted molar refractivity (Wildman–Crippen MR) is 50.8 cm³/mol. The van der Waals surface area contributed by atoms with Crippen molar-refractivity contribution >= 4 is 11.9 Å². The van der Waals surface area contributed by atoms with Crippen molar-refractivity contribution in [2.75, 3.05) is 26.8 Å². The van der Waals surface area contributed by atoms with E-state index in [0.717, 1.165) is 0 Å². The lowest BCUT2D eigenvalue weighted by molar-refractivity contribution is -0.126. The summed E-state index contributed by atoms with van der Waals surface area (Å²) in [5.74, 6) is -0.124. The molecule has 0 aromatic rings. The zero-order valence-electron chi connectivity index (χ0n) is 8.82. The predicted octanol–water partition coefficient (Wildman–Crippen LogP) is 0.305. The van der Waals surface area contributed by atoms with Crippen LogP contribution in [0.4, 0.5) is 4.79 Å². The molecule has 0 aromatic carbocycles. The van der Waals surface area contributed by atoms with Gasteiger partial charge in [-0.2, -0.15) is 0 Å². The number of hydrogen-bond acceptors (Lipinski definition) is 3. The molecule has 0 bridgehead atoms. The van der Waals surface area contributed by atoms with E-state index in [1.54, 1.807) is 7.11 Å². The molecule has 0 N–H and O–H groups in total. The topological polar surface area (TPSA) is 49.9 Å². The van der Waals surface area contributed by atoms with Crippen molar-refractivity contribution in [3.8, 4) is 0 Å². The van der Waals surface area contributed by atoms with Gasteiger partial charge in [0.05, 0.1) is 6.61 Å². The fraction of sp³-hybridized carbons (Fsp3) is 0.778. The Kier molecular flexibility index (Phi) is 3.46. The van der Waals surface area contributed by atoms with Gasteiger partial charge in [0.2, 0.25) is 0 Å². The van der Waals surface area contributed by atoms with Gasteiger partial charge in [-0.15, -0.1) is 0 Å². The molecule has 0 radical (unpaired) electrons. The van der Waals surface area contributed by atoms with E-state index in [1.807, 2.05) is 13.8 Å². The summed E-state index contributed by atoms with van der Waals surface area (Å²) in [5.41, 5.74) is 0. The molecule has 0 aliphatic carbocycles. The molecule has 1 heterocycles. The second-order valence-corrected chi connectivity index (χ2v) is 3.55. The third kappa shape index (κ3) is 2.04. The Balaban J connectivity index is 2.60. The Hall–Kier alpha value is -1.10. The summed E-state index contributed by atoms with van der Waals surface area (Å²) in [6.45, 7) is 4.78. The average molecular weight is 200 g/mol. The van der Waals surface area contributed by atoms with E-state index in [1.165, 1.54) is 9.80 Å². The highest BCUT2D eigenvalue weighted by atomic mass is 16.5. The summed E-state index contributed by atoms with van der Waals surface area (Å²) in [7, 11) is 1.57. The number of methoxy groups -OCH3 is 1. The van der Waals surface area contributed by atoms with E-state index in [2.05, 4.69) is 0 Å². The van der Waals surface area contributed by atoms with Crippen LogP contribution in [0.15, 0.2) is 0 Å². The molecule has 0 atom stereocenters. The summed E-state index contributed by atoms with van der Waals surface area (Å²) in [5, 5.41) is 0. The van der Waals surface area contributed by atoms with Gasteiger partial charge >= 0.3 is 6.03 Å². The lowest BCUT2D eigenvalue weighted by atomic mass is 10.3. The molecule has 1 aliphatic heterocycles. The van der Waals surface area contributed by atoms with E-state index < -0.39 is 0 Å². The Morgan fingerprint density at radius 2 is 2.07 bits per heavy atom. The van der Waals surface area contributed by atoms with Gasteiger partial charge < -0.3 is 9.64 Å². The van der Waals surface area contributed by atoms with Crippen LogP contribution < -0.4 is 0 Å². The number of nitrogens with zero attached hydrogens (tertiary/aromatic N) is 2. The third-order valence-electron chi connectivity index (χ3n) is 2.15. The van der Waals surface area contributed by atoms with E-state index in [9.17, 15) is 9.59 Å². The van der Waals surface area contributed by atoms with Crippen LogP contribution in [-0.4, -0.2) is 54.6 Å². The summed E-state index contributed by atoms with van der Waals surface area (Å²) >= 11 is 0. The van der Waals surface area contributed by atoms with Crippen LogP contribution in [0.25, 0.3) is 0 Å². The van der Waals surface area contributed by atoms with Gasteiger partial charge in [0.25, 0.3) is 5.91 Å². The van der Waals surface area contributed by atoms with Crippen LogP contribution in [0, 0.1) is 0 Å². The molecule has 0 spiro atoms. The van der Waals surface area contributed by atoms with Gasteiger partial charge in [-0.05, 0) is 13.8 Å². The van der Waals surface area contributed by atoms with Crippen molar-refractivity contribution < 1.29 is 14.3 Å². The minimum atomic E-state index is -0.206. The smallest absolute Gasteiger partial charge is 0.327 e. The van der Waals surface area contributed by atoms with Crippen molar-refractivity contribution in [1.82, 2.24) is 9.80 Å². The molecule has 5 nitrogen and oxygen atoms in total. The third-order valence-corrected chi connectivity index (χ3v) is 2.15. The van der Waals surface area contributed by atoms with Crippen LogP contribution in [0.1, 0.15) is 13.8 Å². The Bertz CT molecular complexity index is 240. The Morgan fingerprint density at radius 1 is 1.43 bits per heavy atom. The summed E-state index contributed by atoms with van der Waals surface area (Å²) in [6.07, 6.45) is 0. The van der Waals surface area contributed by atoms with Crippen LogP contribution in [0.5, 0.6) is 0 Å². The van der Waals surface area contributed by atoms with Crippen LogP contribution in [0.3, 0.4) is 0 Å². The second-order valence-electron chi connectivity index (χ2n) is 3.55. The molecular weight excluding hydrogens is 184 g/mol. The number of rotatable bonds is 4. The maximum atomic E-state index is 11.6. The number of imide groups is 1. The molecule has 0 saturated carbocycles. The molecule has 80 valence electrons. The lowest BCUT2D eigenvalue weighted by Crippen LogP contribution is -2.38. The fourth-order valence-corrected chi connectivity index (χ4v) is 1.45. The number of ether oxygens (including phenoxy) is 1. The van der Waals surface area contributed by atoms with Crippen LogP contribution in [0.2, 0.25) is 0 Å². The first-order valence-electron chi connectivity index (χ1n) is 4.67. The van der Waals surface area contributed by atoms with E-state index >= 15 is 0 Å². The summed E-state index contributed by atoms with van der Waals surface area (Å²) in [6, 6.07) is -0.274. The van der Waals surface area contributed by atoms with Crippen LogP contribution >= 0.6 is 0 Å². The van der Waals surface area contributed by atoms with Gasteiger partial charge in [-0.1, -0.05) is 0 Å². The van der Waals surface area contributed by atoms with E-state index in [0.29, 0.717) is 13.2 Å². The highest BCUT2D eigenvalue weighted by molar-refractivity contribution is 6.02. The summed E-state index contributed by atoms with van der Waals surface area (Å²) in [4.78, 5) is 25.9. The average Bonchev–Trinajstić information content (AvgIpc) is 2.38. The maximum Gasteiger partial charge on any atom is 0.327 e. The van der Waals surface area contributed by atoms with Crippen molar-refractivity contribution in [1.29, 1.82) is 0 Å². The highest BCUT2D eigenvalue weighted by Gasteiger charge is 2.36. The van der Waals surface area contributed by atoms with Crippen LogP contribution in [-0.2, 0) is 9.53 Å². The first kappa shape index (κ1) is 11.0. The Morgan fingerprint density at radius 3 is 2.50 bits per heavy atom. The number of carbonyl (C=O) groups excluding carboxylic acids is 2. The molecule has 14 heavy (non-hydrogen) atoms. The quantitative estimate of drug-likeness (QED) is 0.613. The molecule has 1 aliphatic rings. The molecule has 1 fully saturated rings. The molecule has 1 saturated heterocycles. The van der Waals surface area contributed by atoms with Crippen molar-refractivity contribution in [2.24, 2.45) is 0 Å². The maximum absolute atomic E-state index is 11.6. The first-order chi connectivity index (χ1) is 6.57. The zero-order valence-corrected chi connectivity index (χ0v) is 8.82. The van der Waals surface area contributed by atoms with Crippen molar-refractivity contribution in [3.63, 3.8) is 0 Å². The Labute approximate surface area is 83.6 Å². The summed E-state index contributed by atoms with van der Waals surface area (Å²) < 4.78 is 4.86. The standard InChI is InChI=1S/C9H16N2O3/c1-7(2)11-8(12)6-10(9(11)13)4-5-14-3/h7H,4-6H2,1-3H3. The lowest BCUT2D eigenvalue weighted by Gasteiger charge is -2.19. The first-order valence-corrected chi connectivity index (χ1v) is 4.67. The minimum Gasteiger partial charge on any atom is -0.383 e. The molecule has 0 aromatic heterocycles. The molecule has 3 amide bonds. The second kappa shape index (κ2) is 4.41. The zero-order chi connectivity index (χ0) is 10.7. The fourth-order valence-electron chi connectivity index (χ4n) is 1.45. The largest absolute Gasteiger partial charge is 0.383 e. The van der Waals surface area contributed by atoms with Gasteiger partial charge in [-0.3, -0.25) is 9.69 Å². The number of hydrogen-bond donors (Lipinski definition) is 0. The van der Waals surface area contributed by atoms with Gasteiger partial charge in [0.15, 0.2) is 0 Å². The highest BCUT2D eigenvalue weighted by Crippen LogP contribution is 2.12. The number of carbonyl (C=O) groups is 2. The molecule has 1 rings (SSSR count). The molecular formula is C9H16N2O3. The number of urea groups is 1. The monoisotopic (exact) mass is 200 g/mol. The van der Waals surface area contributed by atoms with Gasteiger partial charge in [-0.25, -0.2) is 4.79 Å². The normalized spacial score (nSPS) is 17.4. The molecule has 5 heteroatoms. The van der Waals surface area contributed by atoms with Crippen molar-refractivity contribution in [3.05, 3.63) is 0 Å².